The van der Waals surface area contributed by atoms with E-state index in [4.69, 9.17) is 16.0 Å². The molecule has 0 aliphatic carbocycles. The number of hydrogen-bond acceptors (Lipinski definition) is 7. The van der Waals surface area contributed by atoms with Crippen LogP contribution in [0.5, 0.6) is 0 Å². The van der Waals surface area contributed by atoms with Crippen LogP contribution in [-0.2, 0) is 11.7 Å². The molecule has 0 radical (unpaired) electrons. The SMILES string of the molecule is CC(C)(C)n1nnnc1C(c1cc2ccccc2o1)N1CCN(c2ncc(C(F)(F)F)cc2Cl)CC1. The summed E-state index contributed by atoms with van der Waals surface area (Å²) in [6.07, 6.45) is -3.67. The number of para-hydroxylation sites is 1. The van der Waals surface area contributed by atoms with E-state index in [2.05, 4.69) is 25.4 Å². The van der Waals surface area contributed by atoms with Gasteiger partial charge in [0.05, 0.1) is 16.1 Å². The summed E-state index contributed by atoms with van der Waals surface area (Å²) in [4.78, 5) is 8.12. The van der Waals surface area contributed by atoms with Crippen molar-refractivity contribution in [2.24, 2.45) is 0 Å². The maximum atomic E-state index is 13.0. The minimum absolute atomic E-state index is 0.0243. The first-order valence-electron chi connectivity index (χ1n) is 11.5. The predicted octanol–water partition coefficient (Wildman–Crippen LogP) is 5.15. The minimum Gasteiger partial charge on any atom is -0.459 e. The quantitative estimate of drug-likeness (QED) is 0.369. The Morgan fingerprint density at radius 1 is 1.03 bits per heavy atom. The molecule has 1 aliphatic rings. The third-order valence-electron chi connectivity index (χ3n) is 6.22. The molecular formula is C24H25ClF3N7O. The molecular weight excluding hydrogens is 495 g/mol. The molecule has 12 heteroatoms. The van der Waals surface area contributed by atoms with Crippen molar-refractivity contribution < 1.29 is 17.6 Å². The standard InChI is InChI=1S/C24H25ClF3N7O/c1-23(2,3)35-22(30-31-32-35)20(19-12-15-6-4-5-7-18(15)36-19)33-8-10-34(11-9-33)21-17(25)13-16(14-29-21)24(26,27)28/h4-7,12-14,20H,8-11H2,1-3H3. The number of piperazine rings is 1. The number of furan rings is 1. The molecule has 3 aromatic heterocycles. The van der Waals surface area contributed by atoms with Crippen molar-refractivity contribution >= 4 is 28.4 Å². The van der Waals surface area contributed by atoms with Crippen molar-refractivity contribution in [1.82, 2.24) is 30.1 Å². The average Bonchev–Trinajstić information content (AvgIpc) is 3.47. The fourth-order valence-corrected chi connectivity index (χ4v) is 4.75. The molecule has 190 valence electrons. The van der Waals surface area contributed by atoms with Gasteiger partial charge in [-0.05, 0) is 49.4 Å². The molecule has 4 aromatic rings. The number of tetrazole rings is 1. The first-order valence-corrected chi connectivity index (χ1v) is 11.9. The molecule has 1 saturated heterocycles. The van der Waals surface area contributed by atoms with Crippen LogP contribution in [0, 0.1) is 0 Å². The number of benzene rings is 1. The van der Waals surface area contributed by atoms with Crippen LogP contribution >= 0.6 is 11.6 Å². The predicted molar refractivity (Wildman–Crippen MR) is 129 cm³/mol. The van der Waals surface area contributed by atoms with Crippen LogP contribution in [0.1, 0.15) is 44.0 Å². The average molecular weight is 520 g/mol. The smallest absolute Gasteiger partial charge is 0.417 e. The van der Waals surface area contributed by atoms with Crippen molar-refractivity contribution in [1.29, 1.82) is 0 Å². The summed E-state index contributed by atoms with van der Waals surface area (Å²) in [5, 5.41) is 13.5. The first-order chi connectivity index (χ1) is 17.0. The molecule has 8 nitrogen and oxygen atoms in total. The largest absolute Gasteiger partial charge is 0.459 e. The number of hydrogen-bond donors (Lipinski definition) is 0. The molecule has 0 saturated carbocycles. The van der Waals surface area contributed by atoms with Gasteiger partial charge in [0.2, 0.25) is 0 Å². The van der Waals surface area contributed by atoms with Crippen molar-refractivity contribution in [2.75, 3.05) is 31.1 Å². The van der Waals surface area contributed by atoms with E-state index in [-0.39, 0.29) is 16.6 Å². The maximum absolute atomic E-state index is 13.0. The van der Waals surface area contributed by atoms with E-state index in [1.807, 2.05) is 56.0 Å². The zero-order chi connectivity index (χ0) is 25.7. The first kappa shape index (κ1) is 24.5. The van der Waals surface area contributed by atoms with E-state index in [0.29, 0.717) is 37.8 Å². The molecule has 4 heterocycles. The summed E-state index contributed by atoms with van der Waals surface area (Å²) in [5.41, 5.74) is -0.455. The number of alkyl halides is 3. The number of aromatic nitrogens is 5. The minimum atomic E-state index is -4.50. The Labute approximate surface area is 210 Å². The monoisotopic (exact) mass is 519 g/mol. The van der Waals surface area contributed by atoms with E-state index in [1.165, 1.54) is 0 Å². The van der Waals surface area contributed by atoms with Crippen LogP contribution in [-0.4, -0.2) is 56.3 Å². The zero-order valence-electron chi connectivity index (χ0n) is 20.0. The second-order valence-electron chi connectivity index (χ2n) is 9.76. The highest BCUT2D eigenvalue weighted by atomic mass is 35.5. The molecule has 0 amide bonds. The lowest BCUT2D eigenvalue weighted by Gasteiger charge is -2.39. The number of pyridine rings is 1. The summed E-state index contributed by atoms with van der Waals surface area (Å²) < 4.78 is 47.1. The molecule has 1 aromatic carbocycles. The van der Waals surface area contributed by atoms with E-state index >= 15 is 0 Å². The third-order valence-corrected chi connectivity index (χ3v) is 6.49. The van der Waals surface area contributed by atoms with Gasteiger partial charge in [0, 0.05) is 37.8 Å². The third kappa shape index (κ3) is 4.64. The second kappa shape index (κ2) is 9.04. The van der Waals surface area contributed by atoms with E-state index in [1.54, 1.807) is 4.68 Å². The molecule has 36 heavy (non-hydrogen) atoms. The Bertz CT molecular complexity index is 1340. The van der Waals surface area contributed by atoms with Gasteiger partial charge < -0.3 is 9.32 Å². The Hall–Kier alpha value is -3.18. The van der Waals surface area contributed by atoms with Crippen molar-refractivity contribution in [2.45, 2.75) is 38.5 Å². The Kier molecular flexibility index (Phi) is 6.16. The number of rotatable bonds is 4. The van der Waals surface area contributed by atoms with Gasteiger partial charge in [-0.25, -0.2) is 9.67 Å². The summed E-state index contributed by atoms with van der Waals surface area (Å²) in [6.45, 7) is 8.23. The van der Waals surface area contributed by atoms with Crippen LogP contribution in [0.15, 0.2) is 47.0 Å². The number of fused-ring (bicyclic) bond motifs is 1. The van der Waals surface area contributed by atoms with Gasteiger partial charge in [-0.2, -0.15) is 13.2 Å². The summed E-state index contributed by atoms with van der Waals surface area (Å²) in [5.74, 6) is 1.71. The molecule has 1 atom stereocenters. The Morgan fingerprint density at radius 2 is 1.75 bits per heavy atom. The summed E-state index contributed by atoms with van der Waals surface area (Å²) in [7, 11) is 0. The maximum Gasteiger partial charge on any atom is 0.417 e. The van der Waals surface area contributed by atoms with Crippen LogP contribution in [0.2, 0.25) is 5.02 Å². The number of anilines is 1. The topological polar surface area (TPSA) is 76.1 Å². The zero-order valence-corrected chi connectivity index (χ0v) is 20.8. The van der Waals surface area contributed by atoms with Gasteiger partial charge in [0.25, 0.3) is 0 Å². The van der Waals surface area contributed by atoms with Gasteiger partial charge >= 0.3 is 6.18 Å². The fraction of sp³-hybridized carbons (Fsp3) is 0.417. The van der Waals surface area contributed by atoms with Crippen molar-refractivity contribution in [3.8, 4) is 0 Å². The van der Waals surface area contributed by atoms with Crippen molar-refractivity contribution in [3.05, 3.63) is 64.8 Å². The van der Waals surface area contributed by atoms with E-state index in [0.717, 1.165) is 29.0 Å². The summed E-state index contributed by atoms with van der Waals surface area (Å²) >= 11 is 6.20. The van der Waals surface area contributed by atoms with Crippen LogP contribution in [0.25, 0.3) is 11.0 Å². The van der Waals surface area contributed by atoms with Gasteiger partial charge in [0.1, 0.15) is 23.2 Å². The number of halogens is 4. The highest BCUT2D eigenvalue weighted by molar-refractivity contribution is 6.33. The summed E-state index contributed by atoms with van der Waals surface area (Å²) in [6, 6.07) is 10.3. The van der Waals surface area contributed by atoms with Crippen LogP contribution in [0.4, 0.5) is 19.0 Å². The molecule has 5 rings (SSSR count). The lowest BCUT2D eigenvalue weighted by atomic mass is 10.1. The number of nitrogens with zero attached hydrogens (tertiary/aromatic N) is 7. The molecule has 0 bridgehead atoms. The normalized spacial score (nSPS) is 16.6. The van der Waals surface area contributed by atoms with Gasteiger partial charge in [-0.15, -0.1) is 5.10 Å². The molecule has 1 unspecified atom stereocenters. The van der Waals surface area contributed by atoms with Crippen molar-refractivity contribution in [3.63, 3.8) is 0 Å². The van der Waals surface area contributed by atoms with Crippen LogP contribution < -0.4 is 4.90 Å². The highest BCUT2D eigenvalue weighted by Crippen LogP contribution is 2.36. The van der Waals surface area contributed by atoms with Gasteiger partial charge in [0.15, 0.2) is 5.82 Å². The van der Waals surface area contributed by atoms with Gasteiger partial charge in [-0.1, -0.05) is 29.8 Å². The molecule has 0 N–H and O–H groups in total. The lowest BCUT2D eigenvalue weighted by molar-refractivity contribution is -0.137. The second-order valence-corrected chi connectivity index (χ2v) is 10.2. The van der Waals surface area contributed by atoms with E-state index in [9.17, 15) is 13.2 Å². The Morgan fingerprint density at radius 3 is 2.39 bits per heavy atom. The van der Waals surface area contributed by atoms with E-state index < -0.39 is 11.7 Å². The molecule has 1 fully saturated rings. The van der Waals surface area contributed by atoms with Crippen LogP contribution in [0.3, 0.4) is 0 Å². The molecule has 1 aliphatic heterocycles. The van der Waals surface area contributed by atoms with Gasteiger partial charge in [-0.3, -0.25) is 4.90 Å². The fourth-order valence-electron chi connectivity index (χ4n) is 4.46. The molecule has 0 spiro atoms. The highest BCUT2D eigenvalue weighted by Gasteiger charge is 2.36. The lowest BCUT2D eigenvalue weighted by Crippen LogP contribution is -2.49. The Balaban J connectivity index is 1.45.